The third-order valence-corrected chi connectivity index (χ3v) is 5.71. The first-order valence-corrected chi connectivity index (χ1v) is 11.0. The lowest BCUT2D eigenvalue weighted by molar-refractivity contribution is -0.137. The molecule has 0 aliphatic carbocycles. The van der Waals surface area contributed by atoms with Gasteiger partial charge in [0.2, 0.25) is 0 Å². The van der Waals surface area contributed by atoms with Crippen LogP contribution in [0.4, 0.5) is 24.7 Å². The normalized spacial score (nSPS) is 15.8. The van der Waals surface area contributed by atoms with E-state index in [1.54, 1.807) is 33.1 Å². The minimum absolute atomic E-state index is 0.0204. The first-order valence-electron chi connectivity index (χ1n) is 11.0. The van der Waals surface area contributed by atoms with E-state index >= 15 is 0 Å². The van der Waals surface area contributed by atoms with Gasteiger partial charge in [-0.2, -0.15) is 13.2 Å². The SMILES string of the molecule is COc1cc2c(N[C@H](C)c3cc(N)cc(C(F)(F)F)c3)nc(C)nc2cc1OC1CCOCC1. The molecule has 182 valence electrons. The number of rotatable bonds is 6. The first-order chi connectivity index (χ1) is 16.1. The number of nitrogen functional groups attached to an aromatic ring is 1. The Labute approximate surface area is 195 Å². The molecule has 1 aromatic heterocycles. The summed E-state index contributed by atoms with van der Waals surface area (Å²) in [6, 6.07) is 6.60. The van der Waals surface area contributed by atoms with E-state index < -0.39 is 17.8 Å². The number of aryl methyl sites for hydroxylation is 1. The summed E-state index contributed by atoms with van der Waals surface area (Å²) in [5, 5.41) is 3.87. The summed E-state index contributed by atoms with van der Waals surface area (Å²) < 4.78 is 56.9. The highest BCUT2D eigenvalue weighted by molar-refractivity contribution is 5.92. The molecule has 34 heavy (non-hydrogen) atoms. The Morgan fingerprint density at radius 1 is 1.09 bits per heavy atom. The van der Waals surface area contributed by atoms with Crippen molar-refractivity contribution >= 4 is 22.4 Å². The van der Waals surface area contributed by atoms with Gasteiger partial charge in [-0.3, -0.25) is 0 Å². The van der Waals surface area contributed by atoms with Gasteiger partial charge in [-0.1, -0.05) is 0 Å². The molecule has 0 saturated carbocycles. The average molecular weight is 476 g/mol. The Morgan fingerprint density at radius 2 is 1.82 bits per heavy atom. The second kappa shape index (κ2) is 9.54. The van der Waals surface area contributed by atoms with Crippen molar-refractivity contribution in [2.24, 2.45) is 0 Å². The minimum atomic E-state index is -4.49. The van der Waals surface area contributed by atoms with E-state index in [2.05, 4.69) is 15.3 Å². The fourth-order valence-electron chi connectivity index (χ4n) is 3.97. The van der Waals surface area contributed by atoms with Gasteiger partial charge >= 0.3 is 6.18 Å². The summed E-state index contributed by atoms with van der Waals surface area (Å²) >= 11 is 0. The number of hydrogen-bond acceptors (Lipinski definition) is 7. The molecule has 0 radical (unpaired) electrons. The number of benzene rings is 2. The van der Waals surface area contributed by atoms with E-state index in [9.17, 15) is 13.2 Å². The van der Waals surface area contributed by atoms with Crippen LogP contribution >= 0.6 is 0 Å². The Morgan fingerprint density at radius 3 is 2.50 bits per heavy atom. The third-order valence-electron chi connectivity index (χ3n) is 5.71. The Hall–Kier alpha value is -3.27. The quantitative estimate of drug-likeness (QED) is 0.468. The summed E-state index contributed by atoms with van der Waals surface area (Å²) in [5.74, 6) is 2.07. The molecular weight excluding hydrogens is 449 g/mol. The third kappa shape index (κ3) is 5.27. The number of alkyl halides is 3. The van der Waals surface area contributed by atoms with E-state index in [0.717, 1.165) is 25.0 Å². The lowest BCUT2D eigenvalue weighted by Crippen LogP contribution is -2.26. The van der Waals surface area contributed by atoms with Crippen LogP contribution in [0.1, 0.15) is 42.8 Å². The molecular formula is C24H27F3N4O3. The zero-order chi connectivity index (χ0) is 24.5. The van der Waals surface area contributed by atoms with Gasteiger partial charge in [-0.15, -0.1) is 0 Å². The molecule has 4 rings (SSSR count). The van der Waals surface area contributed by atoms with Gasteiger partial charge in [0.15, 0.2) is 11.5 Å². The predicted molar refractivity (Wildman–Crippen MR) is 123 cm³/mol. The van der Waals surface area contributed by atoms with Crippen molar-refractivity contribution < 1.29 is 27.4 Å². The largest absolute Gasteiger partial charge is 0.493 e. The van der Waals surface area contributed by atoms with Crippen LogP contribution < -0.4 is 20.5 Å². The fraction of sp³-hybridized carbons (Fsp3) is 0.417. The highest BCUT2D eigenvalue weighted by Crippen LogP contribution is 2.37. The van der Waals surface area contributed by atoms with Gasteiger partial charge in [0.1, 0.15) is 17.7 Å². The number of fused-ring (bicyclic) bond motifs is 1. The predicted octanol–water partition coefficient (Wildman–Crippen LogP) is 5.28. The summed E-state index contributed by atoms with van der Waals surface area (Å²) in [6.07, 6.45) is -2.90. The number of nitrogens with two attached hydrogens (primary N) is 1. The number of nitrogens with zero attached hydrogens (tertiary/aromatic N) is 2. The van der Waals surface area contributed by atoms with Crippen LogP contribution in [-0.2, 0) is 10.9 Å². The van der Waals surface area contributed by atoms with Crippen molar-refractivity contribution in [3.8, 4) is 11.5 Å². The Balaban J connectivity index is 1.68. The molecule has 10 heteroatoms. The van der Waals surface area contributed by atoms with Crippen LogP contribution in [0.15, 0.2) is 30.3 Å². The lowest BCUT2D eigenvalue weighted by atomic mass is 10.0. The summed E-state index contributed by atoms with van der Waals surface area (Å²) in [7, 11) is 1.55. The van der Waals surface area contributed by atoms with Crippen molar-refractivity contribution in [3.05, 3.63) is 47.3 Å². The molecule has 1 aliphatic rings. The molecule has 0 amide bonds. The summed E-state index contributed by atoms with van der Waals surface area (Å²) in [6.45, 7) is 4.79. The standard InChI is InChI=1S/C24H27F3N4O3/c1-13(15-8-16(24(25,26)27)10-17(28)9-15)29-23-19-11-21(32-3)22(12-20(19)30-14(2)31-23)34-18-4-6-33-7-5-18/h8-13,18H,4-7,28H2,1-3H3,(H,29,30,31)/t13-/m1/s1. The van der Waals surface area contributed by atoms with E-state index in [-0.39, 0.29) is 11.8 Å². The van der Waals surface area contributed by atoms with Crippen molar-refractivity contribution in [3.63, 3.8) is 0 Å². The van der Waals surface area contributed by atoms with Crippen LogP contribution in [0.3, 0.4) is 0 Å². The van der Waals surface area contributed by atoms with Crippen molar-refractivity contribution in [1.82, 2.24) is 9.97 Å². The Bertz CT molecular complexity index is 1180. The van der Waals surface area contributed by atoms with Gasteiger partial charge < -0.3 is 25.3 Å². The molecule has 1 saturated heterocycles. The second-order valence-electron chi connectivity index (χ2n) is 8.32. The van der Waals surface area contributed by atoms with Gasteiger partial charge in [0.05, 0.1) is 37.4 Å². The molecule has 2 heterocycles. The fourth-order valence-corrected chi connectivity index (χ4v) is 3.97. The van der Waals surface area contributed by atoms with E-state index in [1.807, 2.05) is 0 Å². The van der Waals surface area contributed by atoms with Crippen molar-refractivity contribution in [2.75, 3.05) is 31.4 Å². The molecule has 0 unspecified atom stereocenters. The molecule has 7 nitrogen and oxygen atoms in total. The smallest absolute Gasteiger partial charge is 0.416 e. The zero-order valence-corrected chi connectivity index (χ0v) is 19.2. The number of nitrogens with one attached hydrogen (secondary N) is 1. The van der Waals surface area contributed by atoms with Gasteiger partial charge in [-0.05, 0) is 43.7 Å². The number of methoxy groups -OCH3 is 1. The van der Waals surface area contributed by atoms with Gasteiger partial charge in [0.25, 0.3) is 0 Å². The summed E-state index contributed by atoms with van der Waals surface area (Å²) in [5.41, 5.74) is 6.01. The zero-order valence-electron chi connectivity index (χ0n) is 19.2. The van der Waals surface area contributed by atoms with E-state index in [0.29, 0.717) is 52.8 Å². The number of hydrogen-bond donors (Lipinski definition) is 2. The monoisotopic (exact) mass is 476 g/mol. The van der Waals surface area contributed by atoms with Crippen molar-refractivity contribution in [1.29, 1.82) is 0 Å². The molecule has 0 bridgehead atoms. The van der Waals surface area contributed by atoms with Crippen LogP contribution in [0.5, 0.6) is 11.5 Å². The average Bonchev–Trinajstić information content (AvgIpc) is 2.78. The number of halogens is 3. The first kappa shape index (κ1) is 23.9. The van der Waals surface area contributed by atoms with Crippen LogP contribution in [-0.4, -0.2) is 36.4 Å². The van der Waals surface area contributed by atoms with Crippen LogP contribution in [0.2, 0.25) is 0 Å². The van der Waals surface area contributed by atoms with E-state index in [1.165, 1.54) is 6.07 Å². The summed E-state index contributed by atoms with van der Waals surface area (Å²) in [4.78, 5) is 9.02. The maximum absolute atomic E-state index is 13.3. The van der Waals surface area contributed by atoms with E-state index in [4.69, 9.17) is 19.9 Å². The highest BCUT2D eigenvalue weighted by atomic mass is 19.4. The van der Waals surface area contributed by atoms with Crippen LogP contribution in [0.25, 0.3) is 10.9 Å². The van der Waals surface area contributed by atoms with Gasteiger partial charge in [-0.25, -0.2) is 9.97 Å². The molecule has 1 atom stereocenters. The van der Waals surface area contributed by atoms with Crippen molar-refractivity contribution in [2.45, 2.75) is 45.0 Å². The maximum atomic E-state index is 13.3. The lowest BCUT2D eigenvalue weighted by Gasteiger charge is -2.24. The molecule has 3 aromatic rings. The van der Waals surface area contributed by atoms with Crippen LogP contribution in [0, 0.1) is 6.92 Å². The number of anilines is 2. The highest BCUT2D eigenvalue weighted by Gasteiger charge is 2.31. The number of aromatic nitrogens is 2. The molecule has 1 aliphatic heterocycles. The molecule has 0 spiro atoms. The van der Waals surface area contributed by atoms with Gasteiger partial charge in [0, 0.05) is 30.0 Å². The molecule has 2 aromatic carbocycles. The molecule has 3 N–H and O–H groups in total. The maximum Gasteiger partial charge on any atom is 0.416 e. The number of ether oxygens (including phenoxy) is 3. The topological polar surface area (TPSA) is 91.5 Å². The second-order valence-corrected chi connectivity index (χ2v) is 8.32. The molecule has 1 fully saturated rings. The Kier molecular flexibility index (Phi) is 6.70. The minimum Gasteiger partial charge on any atom is -0.493 e.